The monoisotopic (exact) mass is 423 g/mol. The lowest BCUT2D eigenvalue weighted by Crippen LogP contribution is -2.28. The summed E-state index contributed by atoms with van der Waals surface area (Å²) in [5, 5.41) is 0.869. The van der Waals surface area contributed by atoms with Gasteiger partial charge in [0, 0.05) is 36.8 Å². The van der Waals surface area contributed by atoms with E-state index in [-0.39, 0.29) is 11.5 Å². The second-order valence-corrected chi connectivity index (χ2v) is 10.5. The van der Waals surface area contributed by atoms with Crippen LogP contribution in [0.1, 0.15) is 57.8 Å². The Bertz CT molecular complexity index is 975. The van der Waals surface area contributed by atoms with E-state index in [1.807, 2.05) is 20.8 Å². The van der Waals surface area contributed by atoms with Gasteiger partial charge < -0.3 is 9.29 Å². The molecule has 2 heterocycles. The van der Waals surface area contributed by atoms with E-state index in [0.29, 0.717) is 40.4 Å². The predicted octanol–water partition coefficient (Wildman–Crippen LogP) is 3.75. The van der Waals surface area contributed by atoms with Crippen molar-refractivity contribution in [3.05, 3.63) is 38.9 Å². The molecule has 1 fully saturated rings. The number of nitrogens with zero attached hydrogens (tertiary/aromatic N) is 3. The molecule has 3 rings (SSSR count). The second-order valence-electron chi connectivity index (χ2n) is 8.11. The lowest BCUT2D eigenvalue weighted by atomic mass is 9.98. The Kier molecular flexibility index (Phi) is 6.20. The van der Waals surface area contributed by atoms with Gasteiger partial charge >= 0.3 is 0 Å². The van der Waals surface area contributed by atoms with Crippen molar-refractivity contribution in [1.29, 1.82) is 0 Å². The van der Waals surface area contributed by atoms with E-state index < -0.39 is 16.1 Å². The van der Waals surface area contributed by atoms with Crippen LogP contribution in [0.5, 0.6) is 0 Å². The fourth-order valence-corrected chi connectivity index (χ4v) is 4.10. The maximum Gasteiger partial charge on any atom is 0.261 e. The predicted molar refractivity (Wildman–Crippen MR) is 115 cm³/mol. The molecular formula is C20H26ClN3O3S. The number of aromatic nitrogens is 2. The summed E-state index contributed by atoms with van der Waals surface area (Å²) < 4.78 is 23.4. The van der Waals surface area contributed by atoms with Crippen molar-refractivity contribution in [2.75, 3.05) is 13.2 Å². The van der Waals surface area contributed by atoms with E-state index in [4.69, 9.17) is 21.3 Å². The number of ether oxygens (including phenoxy) is 1. The summed E-state index contributed by atoms with van der Waals surface area (Å²) in [6.07, 6.45) is 1.66. The molecule has 1 atom stereocenters. The minimum absolute atomic E-state index is 0.139. The maximum atomic E-state index is 13.0. The SMILES string of the molecule is C/C(=N\[S@+]([O-])C(C)(C)C)c1cc(Cl)cc2c(=O)n(C)c(C3CCOCC3)nc12. The molecule has 0 bridgehead atoms. The molecule has 0 amide bonds. The minimum Gasteiger partial charge on any atom is -0.591 e. The van der Waals surface area contributed by atoms with Gasteiger partial charge in [-0.3, -0.25) is 9.36 Å². The minimum atomic E-state index is -1.42. The Morgan fingerprint density at radius 1 is 1.36 bits per heavy atom. The third kappa shape index (κ3) is 4.27. The van der Waals surface area contributed by atoms with E-state index >= 15 is 0 Å². The van der Waals surface area contributed by atoms with Crippen molar-refractivity contribution in [3.63, 3.8) is 0 Å². The standard InChI is InChI=1S/C20H26ClN3O3S/c1-12(23-28(26)20(2,3)4)15-10-14(21)11-16-17(15)22-18(24(5)19(16)25)13-6-8-27-9-7-13/h10-11,13H,6-9H2,1-5H3/b23-12+/t28-/m1/s1. The molecule has 0 aliphatic carbocycles. The molecular weight excluding hydrogens is 398 g/mol. The van der Waals surface area contributed by atoms with Crippen LogP contribution in [0.3, 0.4) is 0 Å². The van der Waals surface area contributed by atoms with Crippen LogP contribution in [0.2, 0.25) is 5.02 Å². The number of hydrogen-bond acceptors (Lipinski definition) is 5. The molecule has 0 radical (unpaired) electrons. The Morgan fingerprint density at radius 2 is 2.00 bits per heavy atom. The van der Waals surface area contributed by atoms with Crippen LogP contribution in [-0.2, 0) is 23.1 Å². The summed E-state index contributed by atoms with van der Waals surface area (Å²) in [4.78, 5) is 17.9. The van der Waals surface area contributed by atoms with E-state index in [1.165, 1.54) is 0 Å². The molecule has 0 N–H and O–H groups in total. The Labute approximate surface area is 173 Å². The molecule has 1 aromatic carbocycles. The van der Waals surface area contributed by atoms with Gasteiger partial charge in [-0.2, -0.15) is 0 Å². The summed E-state index contributed by atoms with van der Waals surface area (Å²) in [7, 11) is 1.75. The third-order valence-electron chi connectivity index (χ3n) is 4.90. The third-order valence-corrected chi connectivity index (χ3v) is 6.61. The quantitative estimate of drug-likeness (QED) is 0.556. The van der Waals surface area contributed by atoms with Gasteiger partial charge in [0.15, 0.2) is 0 Å². The number of halogens is 1. The molecule has 8 heteroatoms. The highest BCUT2D eigenvalue weighted by molar-refractivity contribution is 7.91. The van der Waals surface area contributed by atoms with E-state index in [0.717, 1.165) is 18.7 Å². The van der Waals surface area contributed by atoms with Gasteiger partial charge in [-0.15, -0.1) is 0 Å². The molecule has 0 unspecified atom stereocenters. The van der Waals surface area contributed by atoms with Crippen LogP contribution < -0.4 is 5.56 Å². The molecule has 1 aliphatic heterocycles. The van der Waals surface area contributed by atoms with Gasteiger partial charge in [-0.05, 0) is 52.7 Å². The maximum absolute atomic E-state index is 13.0. The highest BCUT2D eigenvalue weighted by Gasteiger charge is 2.28. The highest BCUT2D eigenvalue weighted by Crippen LogP contribution is 2.28. The van der Waals surface area contributed by atoms with Crippen molar-refractivity contribution in [3.8, 4) is 0 Å². The molecule has 2 aromatic rings. The van der Waals surface area contributed by atoms with Crippen LogP contribution in [0.25, 0.3) is 10.9 Å². The summed E-state index contributed by atoms with van der Waals surface area (Å²) in [6, 6.07) is 3.38. The van der Waals surface area contributed by atoms with E-state index in [2.05, 4.69) is 4.40 Å². The first kappa shape index (κ1) is 21.3. The first-order valence-corrected chi connectivity index (χ1v) is 10.8. The van der Waals surface area contributed by atoms with Crippen LogP contribution in [0.15, 0.2) is 21.3 Å². The van der Waals surface area contributed by atoms with Crippen molar-refractivity contribution in [2.24, 2.45) is 11.4 Å². The number of rotatable bonds is 3. The number of fused-ring (bicyclic) bond motifs is 1. The fraction of sp³-hybridized carbons (Fsp3) is 0.550. The van der Waals surface area contributed by atoms with Gasteiger partial charge in [0.25, 0.3) is 5.56 Å². The van der Waals surface area contributed by atoms with Crippen molar-refractivity contribution >= 4 is 39.6 Å². The van der Waals surface area contributed by atoms with Gasteiger partial charge in [0.1, 0.15) is 21.9 Å². The molecule has 152 valence electrons. The van der Waals surface area contributed by atoms with Crippen LogP contribution in [0.4, 0.5) is 0 Å². The Hall–Kier alpha value is -1.41. The molecule has 0 spiro atoms. The summed E-state index contributed by atoms with van der Waals surface area (Å²) in [5.41, 5.74) is 1.62. The first-order valence-electron chi connectivity index (χ1n) is 9.35. The molecule has 28 heavy (non-hydrogen) atoms. The van der Waals surface area contributed by atoms with Crippen molar-refractivity contribution in [2.45, 2.75) is 51.2 Å². The van der Waals surface area contributed by atoms with Gasteiger partial charge in [0.2, 0.25) is 0 Å². The Morgan fingerprint density at radius 3 is 2.61 bits per heavy atom. The normalized spacial score (nSPS) is 17.9. The van der Waals surface area contributed by atoms with Crippen molar-refractivity contribution < 1.29 is 9.29 Å². The summed E-state index contributed by atoms with van der Waals surface area (Å²) >= 11 is 4.86. The van der Waals surface area contributed by atoms with Crippen LogP contribution in [0, 0.1) is 0 Å². The second kappa shape index (κ2) is 8.14. The zero-order valence-corrected chi connectivity index (χ0v) is 18.5. The van der Waals surface area contributed by atoms with E-state index in [9.17, 15) is 9.35 Å². The molecule has 1 saturated heterocycles. The summed E-state index contributed by atoms with van der Waals surface area (Å²) in [6.45, 7) is 8.71. The topological polar surface area (TPSA) is 79.5 Å². The summed E-state index contributed by atoms with van der Waals surface area (Å²) in [5.74, 6) is 0.912. The number of benzene rings is 1. The lowest BCUT2D eigenvalue weighted by molar-refractivity contribution is 0.0828. The van der Waals surface area contributed by atoms with Gasteiger partial charge in [-0.25, -0.2) is 4.98 Å². The molecule has 1 aliphatic rings. The lowest BCUT2D eigenvalue weighted by Gasteiger charge is -2.24. The Balaban J connectivity index is 2.21. The molecule has 6 nitrogen and oxygen atoms in total. The first-order chi connectivity index (χ1) is 13.1. The van der Waals surface area contributed by atoms with Gasteiger partial charge in [-0.1, -0.05) is 16.0 Å². The highest BCUT2D eigenvalue weighted by atomic mass is 35.5. The van der Waals surface area contributed by atoms with Crippen LogP contribution in [-0.4, -0.2) is 37.8 Å². The zero-order chi connectivity index (χ0) is 20.6. The van der Waals surface area contributed by atoms with Gasteiger partial charge in [0.05, 0.1) is 16.6 Å². The van der Waals surface area contributed by atoms with Crippen LogP contribution >= 0.6 is 11.6 Å². The largest absolute Gasteiger partial charge is 0.591 e. The number of hydrogen-bond donors (Lipinski definition) is 0. The molecule has 1 aromatic heterocycles. The fourth-order valence-electron chi connectivity index (χ4n) is 3.26. The smallest absolute Gasteiger partial charge is 0.261 e. The van der Waals surface area contributed by atoms with Crippen molar-refractivity contribution in [1.82, 2.24) is 9.55 Å². The van der Waals surface area contributed by atoms with E-state index in [1.54, 1.807) is 30.7 Å². The zero-order valence-electron chi connectivity index (χ0n) is 16.9. The average molecular weight is 424 g/mol. The average Bonchev–Trinajstić information content (AvgIpc) is 2.64. The molecule has 0 saturated carbocycles.